The first-order chi connectivity index (χ1) is 13.1. The van der Waals surface area contributed by atoms with Gasteiger partial charge in [0.15, 0.2) is 0 Å². The Labute approximate surface area is 160 Å². The molecule has 142 valence electrons. The lowest BCUT2D eigenvalue weighted by Gasteiger charge is -2.42. The van der Waals surface area contributed by atoms with Gasteiger partial charge in [0.05, 0.1) is 6.54 Å². The van der Waals surface area contributed by atoms with E-state index in [1.54, 1.807) is 0 Å². The molecule has 0 aliphatic heterocycles. The number of carboxylic acids is 1. The smallest absolute Gasteiger partial charge is 0.317 e. The van der Waals surface area contributed by atoms with Gasteiger partial charge in [0.2, 0.25) is 0 Å². The summed E-state index contributed by atoms with van der Waals surface area (Å²) in [5.74, 6) is -0.856. The Morgan fingerprint density at radius 2 is 1.74 bits per heavy atom. The normalized spacial score (nSPS) is 18.7. The van der Waals surface area contributed by atoms with Crippen molar-refractivity contribution >= 4 is 11.9 Å². The summed E-state index contributed by atoms with van der Waals surface area (Å²) in [7, 11) is 0. The van der Waals surface area contributed by atoms with Crippen molar-refractivity contribution in [2.75, 3.05) is 13.1 Å². The number of benzene rings is 2. The third kappa shape index (κ3) is 4.95. The second kappa shape index (κ2) is 8.82. The molecule has 1 aliphatic carbocycles. The summed E-state index contributed by atoms with van der Waals surface area (Å²) < 4.78 is 0. The van der Waals surface area contributed by atoms with E-state index in [0.29, 0.717) is 12.1 Å². The first kappa shape index (κ1) is 19.1. The summed E-state index contributed by atoms with van der Waals surface area (Å²) in [5.41, 5.74) is 2.90. The molecule has 1 amide bonds. The van der Waals surface area contributed by atoms with Gasteiger partial charge >= 0.3 is 5.97 Å². The number of rotatable bonds is 8. The molecule has 0 atom stereocenters. The molecule has 0 heterocycles. The van der Waals surface area contributed by atoms with Crippen molar-refractivity contribution in [3.8, 4) is 0 Å². The quantitative estimate of drug-likeness (QED) is 0.754. The second-order valence-electron chi connectivity index (χ2n) is 7.07. The number of hydrogen-bond donors (Lipinski definition) is 2. The molecule has 1 fully saturated rings. The fourth-order valence-corrected chi connectivity index (χ4v) is 3.65. The van der Waals surface area contributed by atoms with Gasteiger partial charge in [-0.15, -0.1) is 0 Å². The van der Waals surface area contributed by atoms with Crippen LogP contribution in [0.15, 0.2) is 54.6 Å². The molecule has 5 heteroatoms. The Kier molecular flexibility index (Phi) is 6.24. The Bertz CT molecular complexity index is 785. The molecule has 0 spiro atoms. The summed E-state index contributed by atoms with van der Waals surface area (Å²) in [6.45, 7) is 2.73. The summed E-state index contributed by atoms with van der Waals surface area (Å²) in [6, 6.07) is 18.2. The number of nitrogens with zero attached hydrogens (tertiary/aromatic N) is 1. The van der Waals surface area contributed by atoms with Gasteiger partial charge in [-0.3, -0.25) is 14.5 Å². The van der Waals surface area contributed by atoms with Gasteiger partial charge in [0.1, 0.15) is 0 Å². The Morgan fingerprint density at radius 1 is 1.07 bits per heavy atom. The first-order valence-corrected chi connectivity index (χ1v) is 9.45. The van der Waals surface area contributed by atoms with Gasteiger partial charge in [-0.25, -0.2) is 0 Å². The predicted octanol–water partition coefficient (Wildman–Crippen LogP) is 2.94. The molecule has 2 N–H and O–H groups in total. The van der Waals surface area contributed by atoms with E-state index in [2.05, 4.69) is 17.4 Å². The molecule has 2 aromatic rings. The van der Waals surface area contributed by atoms with Crippen LogP contribution in [0.2, 0.25) is 0 Å². The Morgan fingerprint density at radius 3 is 2.41 bits per heavy atom. The molecule has 0 unspecified atom stereocenters. The van der Waals surface area contributed by atoms with Crippen molar-refractivity contribution in [1.29, 1.82) is 0 Å². The molecule has 0 aromatic heterocycles. The lowest BCUT2D eigenvalue weighted by Crippen LogP contribution is -2.54. The van der Waals surface area contributed by atoms with Gasteiger partial charge in [-0.2, -0.15) is 0 Å². The highest BCUT2D eigenvalue weighted by atomic mass is 16.4. The summed E-state index contributed by atoms with van der Waals surface area (Å²) in [4.78, 5) is 25.7. The molecular weight excluding hydrogens is 340 g/mol. The van der Waals surface area contributed by atoms with Crippen molar-refractivity contribution in [2.45, 2.75) is 38.3 Å². The standard InChI is InChI=1S/C22H26N2O3/c1-2-24(15-21(25)26)19-13-18(14-19)23-22(27)20-11-7-6-10-17(20)12-16-8-4-3-5-9-16/h3-11,18-19H,2,12-15H2,1H3,(H,23,27)(H,25,26). The average Bonchev–Trinajstić information content (AvgIpc) is 2.63. The number of aliphatic carboxylic acids is 1. The van der Waals surface area contributed by atoms with Crippen LogP contribution in [0.5, 0.6) is 0 Å². The second-order valence-corrected chi connectivity index (χ2v) is 7.07. The van der Waals surface area contributed by atoms with E-state index in [1.807, 2.05) is 54.3 Å². The fourth-order valence-electron chi connectivity index (χ4n) is 3.65. The molecule has 1 aliphatic rings. The van der Waals surface area contributed by atoms with Crippen LogP contribution in [0.25, 0.3) is 0 Å². The molecule has 0 saturated heterocycles. The minimum absolute atomic E-state index is 0.0498. The Balaban J connectivity index is 1.59. The first-order valence-electron chi connectivity index (χ1n) is 9.45. The van der Waals surface area contributed by atoms with Gasteiger partial charge in [-0.1, -0.05) is 55.5 Å². The van der Waals surface area contributed by atoms with Crippen LogP contribution >= 0.6 is 0 Å². The van der Waals surface area contributed by atoms with E-state index in [9.17, 15) is 9.59 Å². The lowest BCUT2D eigenvalue weighted by atomic mass is 9.85. The van der Waals surface area contributed by atoms with Gasteiger partial charge in [-0.05, 0) is 43.0 Å². The van der Waals surface area contributed by atoms with E-state index in [0.717, 1.165) is 24.8 Å². The van der Waals surface area contributed by atoms with Gasteiger partial charge in [0.25, 0.3) is 5.91 Å². The number of nitrogens with one attached hydrogen (secondary N) is 1. The van der Waals surface area contributed by atoms with E-state index in [-0.39, 0.29) is 24.5 Å². The minimum Gasteiger partial charge on any atom is -0.480 e. The minimum atomic E-state index is -0.806. The van der Waals surface area contributed by atoms with Crippen molar-refractivity contribution in [2.24, 2.45) is 0 Å². The highest BCUT2D eigenvalue weighted by Gasteiger charge is 2.34. The van der Waals surface area contributed by atoms with Crippen molar-refractivity contribution in [3.05, 3.63) is 71.3 Å². The van der Waals surface area contributed by atoms with E-state index < -0.39 is 5.97 Å². The van der Waals surface area contributed by atoms with Crippen LogP contribution in [0, 0.1) is 0 Å². The van der Waals surface area contributed by atoms with E-state index >= 15 is 0 Å². The maximum absolute atomic E-state index is 12.8. The lowest BCUT2D eigenvalue weighted by molar-refractivity contribution is -0.139. The zero-order valence-corrected chi connectivity index (χ0v) is 15.6. The topological polar surface area (TPSA) is 69.6 Å². The zero-order valence-electron chi connectivity index (χ0n) is 15.6. The highest BCUT2D eigenvalue weighted by Crippen LogP contribution is 2.26. The molecule has 0 radical (unpaired) electrons. The van der Waals surface area contributed by atoms with Crippen LogP contribution in [-0.4, -0.2) is 47.1 Å². The third-order valence-electron chi connectivity index (χ3n) is 5.21. The molecule has 0 bridgehead atoms. The summed E-state index contributed by atoms with van der Waals surface area (Å²) >= 11 is 0. The number of carboxylic acid groups (broad SMARTS) is 1. The number of carbonyl (C=O) groups excluding carboxylic acids is 1. The van der Waals surface area contributed by atoms with E-state index in [4.69, 9.17) is 5.11 Å². The van der Waals surface area contributed by atoms with Crippen LogP contribution < -0.4 is 5.32 Å². The molecular formula is C22H26N2O3. The van der Waals surface area contributed by atoms with E-state index in [1.165, 1.54) is 5.56 Å². The third-order valence-corrected chi connectivity index (χ3v) is 5.21. The maximum Gasteiger partial charge on any atom is 0.317 e. The predicted molar refractivity (Wildman–Crippen MR) is 105 cm³/mol. The van der Waals surface area contributed by atoms with Gasteiger partial charge in [0, 0.05) is 17.6 Å². The number of hydrogen-bond acceptors (Lipinski definition) is 3. The number of likely N-dealkylation sites (N-methyl/N-ethyl adjacent to an activating group) is 1. The Hall–Kier alpha value is -2.66. The number of amides is 1. The average molecular weight is 366 g/mol. The van der Waals surface area contributed by atoms with Crippen LogP contribution in [0.4, 0.5) is 0 Å². The van der Waals surface area contributed by atoms with Crippen molar-refractivity contribution in [1.82, 2.24) is 10.2 Å². The highest BCUT2D eigenvalue weighted by molar-refractivity contribution is 5.96. The fraction of sp³-hybridized carbons (Fsp3) is 0.364. The zero-order chi connectivity index (χ0) is 19.2. The molecule has 1 saturated carbocycles. The summed E-state index contributed by atoms with van der Waals surface area (Å²) in [6.07, 6.45) is 2.32. The maximum atomic E-state index is 12.8. The van der Waals surface area contributed by atoms with Gasteiger partial charge < -0.3 is 10.4 Å². The summed E-state index contributed by atoms with van der Waals surface area (Å²) in [5, 5.41) is 12.1. The van der Waals surface area contributed by atoms with Crippen molar-refractivity contribution < 1.29 is 14.7 Å². The van der Waals surface area contributed by atoms with Crippen LogP contribution in [0.1, 0.15) is 41.3 Å². The molecule has 27 heavy (non-hydrogen) atoms. The molecule has 5 nitrogen and oxygen atoms in total. The number of carbonyl (C=O) groups is 2. The molecule has 3 rings (SSSR count). The van der Waals surface area contributed by atoms with Crippen LogP contribution in [0.3, 0.4) is 0 Å². The van der Waals surface area contributed by atoms with Crippen molar-refractivity contribution in [3.63, 3.8) is 0 Å². The molecule has 2 aromatic carbocycles. The van der Waals surface area contributed by atoms with Crippen LogP contribution in [-0.2, 0) is 11.2 Å². The largest absolute Gasteiger partial charge is 0.480 e. The monoisotopic (exact) mass is 366 g/mol. The SMILES string of the molecule is CCN(CC(=O)O)C1CC(NC(=O)c2ccccc2Cc2ccccc2)C1.